The van der Waals surface area contributed by atoms with E-state index in [1.54, 1.807) is 23.3 Å². The molecule has 174 valence electrons. The van der Waals surface area contributed by atoms with Gasteiger partial charge in [-0.2, -0.15) is 0 Å². The number of anilines is 1. The van der Waals surface area contributed by atoms with Gasteiger partial charge in [-0.15, -0.1) is 0 Å². The molecule has 0 bridgehead atoms. The van der Waals surface area contributed by atoms with Crippen molar-refractivity contribution >= 4 is 21.6 Å². The van der Waals surface area contributed by atoms with Gasteiger partial charge < -0.3 is 19.0 Å². The zero-order valence-corrected chi connectivity index (χ0v) is 19.7. The Kier molecular flexibility index (Phi) is 6.46. The molecule has 0 spiro atoms. The number of aromatic nitrogens is 1. The number of hydrogen-bond donors (Lipinski definition) is 0. The van der Waals surface area contributed by atoms with Gasteiger partial charge in [0, 0.05) is 44.0 Å². The molecule has 1 atom stereocenters. The topological polar surface area (TPSA) is 93.0 Å². The number of hydrogen-bond acceptors (Lipinski definition) is 7. The quantitative estimate of drug-likeness (QED) is 0.669. The maximum Gasteiger partial charge on any atom is 0.410 e. The van der Waals surface area contributed by atoms with Gasteiger partial charge in [0.25, 0.3) is 0 Å². The molecule has 32 heavy (non-hydrogen) atoms. The summed E-state index contributed by atoms with van der Waals surface area (Å²) in [7, 11) is -3.19. The lowest BCUT2D eigenvalue weighted by atomic mass is 9.94. The normalized spacial score (nSPS) is 20.2. The van der Waals surface area contributed by atoms with E-state index < -0.39 is 9.84 Å². The average molecular weight is 462 g/mol. The standard InChI is InChI=1S/C23H31N3O5S/c1-16(2)31-23(27)25-11-8-17(9-12-25)21-15-30-22(24-21)18-10-13-26(14-18)19-4-6-20(7-5-19)32(3,28)29/h4-7,15-18H,8-14H2,1-3H3. The third-order valence-electron chi connectivity index (χ3n) is 6.22. The highest BCUT2D eigenvalue weighted by Gasteiger charge is 2.31. The predicted molar refractivity (Wildman–Crippen MR) is 121 cm³/mol. The molecular formula is C23H31N3O5S. The zero-order valence-electron chi connectivity index (χ0n) is 18.9. The number of benzene rings is 1. The summed E-state index contributed by atoms with van der Waals surface area (Å²) in [4.78, 5) is 21.2. The Hall–Kier alpha value is -2.55. The van der Waals surface area contributed by atoms with Crippen molar-refractivity contribution in [3.05, 3.63) is 42.1 Å². The first-order chi connectivity index (χ1) is 15.2. The van der Waals surface area contributed by atoms with Gasteiger partial charge in [-0.05, 0) is 57.4 Å². The number of nitrogens with zero attached hydrogens (tertiary/aromatic N) is 3. The van der Waals surface area contributed by atoms with E-state index in [1.807, 2.05) is 26.0 Å². The predicted octanol–water partition coefficient (Wildman–Crippen LogP) is 3.80. The van der Waals surface area contributed by atoms with E-state index in [9.17, 15) is 13.2 Å². The van der Waals surface area contributed by atoms with Gasteiger partial charge in [-0.25, -0.2) is 18.2 Å². The summed E-state index contributed by atoms with van der Waals surface area (Å²) in [6, 6.07) is 7.03. The van der Waals surface area contributed by atoms with Gasteiger partial charge in [0.15, 0.2) is 15.7 Å². The SMILES string of the molecule is CC(C)OC(=O)N1CCC(c2coc(C3CCN(c4ccc(S(C)(=O)=O)cc4)C3)n2)CC1. The molecule has 9 heteroatoms. The summed E-state index contributed by atoms with van der Waals surface area (Å²) in [6.45, 7) is 6.71. The summed E-state index contributed by atoms with van der Waals surface area (Å²) in [5.74, 6) is 1.26. The van der Waals surface area contributed by atoms with E-state index in [0.717, 1.165) is 49.6 Å². The van der Waals surface area contributed by atoms with Crippen LogP contribution in [0.15, 0.2) is 39.8 Å². The molecule has 2 saturated heterocycles. The third-order valence-corrected chi connectivity index (χ3v) is 7.34. The summed E-state index contributed by atoms with van der Waals surface area (Å²) in [5.41, 5.74) is 1.97. The Labute approximate surface area is 189 Å². The van der Waals surface area contributed by atoms with E-state index in [2.05, 4.69) is 4.90 Å². The van der Waals surface area contributed by atoms with Crippen molar-refractivity contribution in [2.24, 2.45) is 0 Å². The molecule has 1 unspecified atom stereocenters. The van der Waals surface area contributed by atoms with Crippen LogP contribution in [0.5, 0.6) is 0 Å². The van der Waals surface area contributed by atoms with Gasteiger partial charge >= 0.3 is 6.09 Å². The van der Waals surface area contributed by atoms with Crippen molar-refractivity contribution in [3.63, 3.8) is 0 Å². The number of carbonyl (C=O) groups is 1. The molecular weight excluding hydrogens is 430 g/mol. The number of amides is 1. The van der Waals surface area contributed by atoms with Crippen LogP contribution in [-0.2, 0) is 14.6 Å². The molecule has 0 radical (unpaired) electrons. The number of ether oxygens (including phenoxy) is 1. The van der Waals surface area contributed by atoms with Crippen LogP contribution >= 0.6 is 0 Å². The number of sulfone groups is 1. The van der Waals surface area contributed by atoms with Crippen molar-refractivity contribution in [1.29, 1.82) is 0 Å². The van der Waals surface area contributed by atoms with E-state index in [4.69, 9.17) is 14.1 Å². The van der Waals surface area contributed by atoms with Crippen molar-refractivity contribution in [3.8, 4) is 0 Å². The Morgan fingerprint density at radius 1 is 1.09 bits per heavy atom. The molecule has 0 saturated carbocycles. The Morgan fingerprint density at radius 3 is 2.38 bits per heavy atom. The number of likely N-dealkylation sites (tertiary alicyclic amines) is 1. The van der Waals surface area contributed by atoms with Crippen LogP contribution in [0, 0.1) is 0 Å². The number of piperidine rings is 1. The lowest BCUT2D eigenvalue weighted by Gasteiger charge is -2.30. The molecule has 3 heterocycles. The maximum atomic E-state index is 12.1. The van der Waals surface area contributed by atoms with Gasteiger partial charge in [0.2, 0.25) is 0 Å². The number of carbonyl (C=O) groups excluding carboxylic acids is 1. The molecule has 1 aromatic carbocycles. The second-order valence-electron chi connectivity index (χ2n) is 9.00. The second kappa shape index (κ2) is 9.13. The molecule has 8 nitrogen and oxygen atoms in total. The fourth-order valence-corrected chi connectivity index (χ4v) is 5.04. The summed E-state index contributed by atoms with van der Waals surface area (Å²) in [6.07, 6.45) is 5.27. The smallest absolute Gasteiger partial charge is 0.410 e. The number of oxazole rings is 1. The van der Waals surface area contributed by atoms with Gasteiger partial charge in [-0.1, -0.05) is 0 Å². The first kappa shape index (κ1) is 22.6. The molecule has 2 aliphatic heterocycles. The van der Waals surface area contributed by atoms with Crippen molar-refractivity contribution < 1.29 is 22.4 Å². The van der Waals surface area contributed by atoms with E-state index in [-0.39, 0.29) is 24.0 Å². The molecule has 2 aliphatic rings. The lowest BCUT2D eigenvalue weighted by molar-refractivity contribution is 0.0690. The maximum absolute atomic E-state index is 12.1. The molecule has 1 amide bonds. The largest absolute Gasteiger partial charge is 0.448 e. The minimum Gasteiger partial charge on any atom is -0.448 e. The van der Waals surface area contributed by atoms with E-state index in [1.165, 1.54) is 6.26 Å². The van der Waals surface area contributed by atoms with Crippen LogP contribution in [0.1, 0.15) is 56.5 Å². The summed E-state index contributed by atoms with van der Waals surface area (Å²) in [5, 5.41) is 0. The molecule has 2 aromatic rings. The highest BCUT2D eigenvalue weighted by atomic mass is 32.2. The fourth-order valence-electron chi connectivity index (χ4n) is 4.41. The van der Waals surface area contributed by atoms with Crippen LogP contribution in [0.2, 0.25) is 0 Å². The van der Waals surface area contributed by atoms with E-state index in [0.29, 0.717) is 18.0 Å². The highest BCUT2D eigenvalue weighted by Crippen LogP contribution is 2.33. The minimum absolute atomic E-state index is 0.109. The van der Waals surface area contributed by atoms with Gasteiger partial charge in [-0.3, -0.25) is 0 Å². The van der Waals surface area contributed by atoms with Crippen LogP contribution < -0.4 is 4.90 Å². The first-order valence-electron chi connectivity index (χ1n) is 11.2. The molecule has 2 fully saturated rings. The monoisotopic (exact) mass is 461 g/mol. The third kappa shape index (κ3) is 5.09. The summed E-state index contributed by atoms with van der Waals surface area (Å²) >= 11 is 0. The highest BCUT2D eigenvalue weighted by molar-refractivity contribution is 7.90. The van der Waals surface area contributed by atoms with E-state index >= 15 is 0 Å². The second-order valence-corrected chi connectivity index (χ2v) is 11.0. The lowest BCUT2D eigenvalue weighted by Crippen LogP contribution is -2.39. The summed E-state index contributed by atoms with van der Waals surface area (Å²) < 4.78 is 34.5. The molecule has 0 N–H and O–H groups in total. The van der Waals surface area contributed by atoms with Crippen LogP contribution in [0.25, 0.3) is 0 Å². The molecule has 1 aromatic heterocycles. The first-order valence-corrected chi connectivity index (χ1v) is 13.1. The van der Waals surface area contributed by atoms with Crippen molar-refractivity contribution in [2.75, 3.05) is 37.3 Å². The van der Waals surface area contributed by atoms with Gasteiger partial charge in [0.05, 0.1) is 22.6 Å². The average Bonchev–Trinajstić information content (AvgIpc) is 3.43. The van der Waals surface area contributed by atoms with Gasteiger partial charge in [0.1, 0.15) is 6.26 Å². The van der Waals surface area contributed by atoms with Crippen LogP contribution in [0.3, 0.4) is 0 Å². The molecule has 0 aliphatic carbocycles. The fraction of sp³-hybridized carbons (Fsp3) is 0.565. The van der Waals surface area contributed by atoms with Crippen LogP contribution in [0.4, 0.5) is 10.5 Å². The Morgan fingerprint density at radius 2 is 1.75 bits per heavy atom. The van der Waals surface area contributed by atoms with Crippen molar-refractivity contribution in [1.82, 2.24) is 9.88 Å². The minimum atomic E-state index is -3.19. The molecule has 4 rings (SSSR count). The Balaban J connectivity index is 1.33. The van der Waals surface area contributed by atoms with Crippen LogP contribution in [-0.4, -0.2) is 62.9 Å². The Bertz CT molecular complexity index is 1040. The number of rotatable bonds is 5. The van der Waals surface area contributed by atoms with Crippen molar-refractivity contribution in [2.45, 2.75) is 55.9 Å². The zero-order chi connectivity index (χ0) is 22.9.